The molecule has 1 heterocycles. The fourth-order valence-electron chi connectivity index (χ4n) is 2.77. The van der Waals surface area contributed by atoms with Crippen molar-refractivity contribution in [2.75, 3.05) is 31.6 Å². The third kappa shape index (κ3) is 4.36. The lowest BCUT2D eigenvalue weighted by molar-refractivity contribution is -0.215. The first-order chi connectivity index (χ1) is 11.3. The molecule has 1 saturated heterocycles. The highest BCUT2D eigenvalue weighted by molar-refractivity contribution is 5.76. The minimum Gasteiger partial charge on any atom is -0.431 e. The highest BCUT2D eigenvalue weighted by atomic mass is 19.4. The van der Waals surface area contributed by atoms with Gasteiger partial charge in [0.1, 0.15) is 0 Å². The largest absolute Gasteiger partial charge is 0.491 e. The Hall–Kier alpha value is -1.97. The predicted molar refractivity (Wildman–Crippen MR) is 76.8 cm³/mol. The summed E-state index contributed by atoms with van der Waals surface area (Å²) in [6.45, 7) is 1.63. The molecule has 140 valence electrons. The van der Waals surface area contributed by atoms with E-state index >= 15 is 0 Å². The lowest BCUT2D eigenvalue weighted by Gasteiger charge is -2.48. The molecule has 1 aliphatic heterocycles. The Morgan fingerprint density at radius 1 is 1.16 bits per heavy atom. The van der Waals surface area contributed by atoms with E-state index in [2.05, 4.69) is 4.74 Å². The van der Waals surface area contributed by atoms with Gasteiger partial charge in [-0.05, 0) is 32.2 Å². The maximum absolute atomic E-state index is 12.9. The number of benzene rings is 1. The number of rotatable bonds is 2. The van der Waals surface area contributed by atoms with Gasteiger partial charge in [-0.25, -0.2) is 4.79 Å². The Kier molecular flexibility index (Phi) is 4.95. The van der Waals surface area contributed by atoms with Gasteiger partial charge in [0.05, 0.1) is 12.1 Å². The van der Waals surface area contributed by atoms with Gasteiger partial charge >= 0.3 is 18.3 Å². The van der Waals surface area contributed by atoms with Gasteiger partial charge in [-0.1, -0.05) is 6.07 Å². The first-order valence-corrected chi connectivity index (χ1v) is 7.26. The number of esters is 1. The summed E-state index contributed by atoms with van der Waals surface area (Å²) in [6, 6.07) is 4.17. The van der Waals surface area contributed by atoms with E-state index in [4.69, 9.17) is 0 Å². The fourth-order valence-corrected chi connectivity index (χ4v) is 2.77. The molecule has 0 unspecified atom stereocenters. The van der Waals surface area contributed by atoms with Crippen LogP contribution in [0.15, 0.2) is 24.3 Å². The predicted octanol–water partition coefficient (Wildman–Crippen LogP) is 3.28. The zero-order valence-electron chi connectivity index (χ0n) is 13.4. The molecule has 4 nitrogen and oxygen atoms in total. The number of piperazine rings is 1. The van der Waals surface area contributed by atoms with Gasteiger partial charge in [0.15, 0.2) is 5.72 Å². The number of hydrogen-bond acceptors (Lipinski definition) is 4. The zero-order chi connectivity index (χ0) is 19.0. The average Bonchev–Trinajstić information content (AvgIpc) is 2.45. The Bertz CT molecular complexity index is 646. The highest BCUT2D eigenvalue weighted by Gasteiger charge is 2.48. The lowest BCUT2D eigenvalue weighted by Crippen LogP contribution is -2.63. The van der Waals surface area contributed by atoms with Crippen LogP contribution in [0, 0.1) is 0 Å². The molecule has 1 fully saturated rings. The topological polar surface area (TPSA) is 32.8 Å². The number of likely N-dealkylation sites (N-methyl/N-ethyl adjacent to an activating group) is 1. The van der Waals surface area contributed by atoms with Gasteiger partial charge in [0, 0.05) is 18.8 Å². The van der Waals surface area contributed by atoms with E-state index in [-0.39, 0.29) is 18.8 Å². The summed E-state index contributed by atoms with van der Waals surface area (Å²) in [5.41, 5.74) is -2.67. The van der Waals surface area contributed by atoms with Gasteiger partial charge in [0.25, 0.3) is 0 Å². The minimum absolute atomic E-state index is 0.0281. The van der Waals surface area contributed by atoms with Crippen LogP contribution in [0.2, 0.25) is 0 Å². The Balaban J connectivity index is 2.38. The van der Waals surface area contributed by atoms with E-state index < -0.39 is 29.6 Å². The third-order valence-corrected chi connectivity index (χ3v) is 3.87. The van der Waals surface area contributed by atoms with Gasteiger partial charge in [-0.2, -0.15) is 26.3 Å². The maximum atomic E-state index is 12.9. The number of carbonyl (C=O) groups is 1. The van der Waals surface area contributed by atoms with Crippen LogP contribution >= 0.6 is 0 Å². The number of alkyl halides is 6. The first-order valence-electron chi connectivity index (χ1n) is 7.26. The van der Waals surface area contributed by atoms with Crippen LogP contribution in [0.25, 0.3) is 0 Å². The number of halogens is 6. The van der Waals surface area contributed by atoms with Crippen LogP contribution in [0.1, 0.15) is 12.5 Å². The molecule has 2 rings (SSSR count). The normalized spacial score (nSPS) is 22.8. The van der Waals surface area contributed by atoms with E-state index in [0.717, 1.165) is 18.2 Å². The SMILES string of the molecule is CN1CCN(c2cccc(C(F)(F)F)c2)[C@](C)(OC(=O)C(F)(F)F)C1. The summed E-state index contributed by atoms with van der Waals surface area (Å²) in [5.74, 6) is -2.39. The number of ether oxygens (including phenoxy) is 1. The molecule has 0 aromatic heterocycles. The smallest absolute Gasteiger partial charge is 0.431 e. The Labute approximate surface area is 139 Å². The van der Waals surface area contributed by atoms with Crippen LogP contribution in [0.3, 0.4) is 0 Å². The van der Waals surface area contributed by atoms with Crippen molar-refractivity contribution >= 4 is 11.7 Å². The maximum Gasteiger partial charge on any atom is 0.491 e. The molecular formula is C15H16F6N2O2. The van der Waals surface area contributed by atoms with Crippen molar-refractivity contribution in [2.45, 2.75) is 25.0 Å². The number of hydrogen-bond donors (Lipinski definition) is 0. The van der Waals surface area contributed by atoms with E-state index in [1.54, 1.807) is 11.9 Å². The zero-order valence-corrected chi connectivity index (χ0v) is 13.4. The number of carbonyl (C=O) groups excluding carboxylic acids is 1. The van der Waals surface area contributed by atoms with E-state index in [1.807, 2.05) is 0 Å². The van der Waals surface area contributed by atoms with Gasteiger partial charge < -0.3 is 9.64 Å². The molecule has 1 aliphatic rings. The third-order valence-electron chi connectivity index (χ3n) is 3.87. The van der Waals surface area contributed by atoms with Crippen molar-refractivity contribution in [3.63, 3.8) is 0 Å². The van der Waals surface area contributed by atoms with Crippen molar-refractivity contribution in [2.24, 2.45) is 0 Å². The molecule has 0 saturated carbocycles. The second-order valence-corrected chi connectivity index (χ2v) is 6.00. The van der Waals surface area contributed by atoms with Gasteiger partial charge in [-0.3, -0.25) is 4.90 Å². The summed E-state index contributed by atoms with van der Waals surface area (Å²) < 4.78 is 81.0. The molecule has 25 heavy (non-hydrogen) atoms. The van der Waals surface area contributed by atoms with Crippen molar-refractivity contribution in [3.05, 3.63) is 29.8 Å². The Morgan fingerprint density at radius 2 is 1.80 bits per heavy atom. The molecule has 0 bridgehead atoms. The molecule has 0 radical (unpaired) electrons. The molecule has 0 amide bonds. The molecule has 0 aliphatic carbocycles. The quantitative estimate of drug-likeness (QED) is 0.591. The molecule has 0 N–H and O–H groups in total. The monoisotopic (exact) mass is 370 g/mol. The standard InChI is InChI=1S/C15H16F6N2O2/c1-13(25-12(24)15(19,20)21)9-22(2)6-7-23(13)11-5-3-4-10(8-11)14(16,17)18/h3-5,8H,6-7,9H2,1-2H3/t13-/m1/s1. The van der Waals surface area contributed by atoms with Crippen molar-refractivity contribution in [1.29, 1.82) is 0 Å². The molecule has 1 atom stereocenters. The summed E-state index contributed by atoms with van der Waals surface area (Å²) in [6.07, 6.45) is -9.79. The van der Waals surface area contributed by atoms with Crippen molar-refractivity contribution in [1.82, 2.24) is 4.90 Å². The summed E-state index contributed by atoms with van der Waals surface area (Å²) in [5, 5.41) is 0. The van der Waals surface area contributed by atoms with Crippen LogP contribution in [0.4, 0.5) is 32.0 Å². The Morgan fingerprint density at radius 3 is 2.36 bits per heavy atom. The second kappa shape index (κ2) is 6.40. The molecule has 1 aromatic rings. The molecule has 1 aromatic carbocycles. The average molecular weight is 370 g/mol. The van der Waals surface area contributed by atoms with Crippen molar-refractivity contribution in [3.8, 4) is 0 Å². The van der Waals surface area contributed by atoms with E-state index in [0.29, 0.717) is 6.54 Å². The first kappa shape index (κ1) is 19.4. The fraction of sp³-hybridized carbons (Fsp3) is 0.533. The second-order valence-electron chi connectivity index (χ2n) is 6.00. The van der Waals surface area contributed by atoms with Gasteiger partial charge in [0.2, 0.25) is 0 Å². The minimum atomic E-state index is -5.20. The molecular weight excluding hydrogens is 354 g/mol. The van der Waals surface area contributed by atoms with Crippen LogP contribution in [0.5, 0.6) is 0 Å². The summed E-state index contributed by atoms with van der Waals surface area (Å²) in [4.78, 5) is 14.1. The lowest BCUT2D eigenvalue weighted by atomic mass is 10.1. The highest BCUT2D eigenvalue weighted by Crippen LogP contribution is 2.35. The van der Waals surface area contributed by atoms with Crippen LogP contribution in [-0.2, 0) is 15.7 Å². The van der Waals surface area contributed by atoms with E-state index in [1.165, 1.54) is 17.9 Å². The summed E-state index contributed by atoms with van der Waals surface area (Å²) in [7, 11) is 1.61. The van der Waals surface area contributed by atoms with Crippen molar-refractivity contribution < 1.29 is 35.9 Å². The molecule has 0 spiro atoms. The van der Waals surface area contributed by atoms with E-state index in [9.17, 15) is 31.1 Å². The van der Waals surface area contributed by atoms with Crippen LogP contribution in [-0.4, -0.2) is 49.5 Å². The van der Waals surface area contributed by atoms with Crippen LogP contribution < -0.4 is 4.90 Å². The number of anilines is 1. The summed E-state index contributed by atoms with van der Waals surface area (Å²) >= 11 is 0. The number of nitrogens with zero attached hydrogens (tertiary/aromatic N) is 2. The molecule has 10 heteroatoms. The van der Waals surface area contributed by atoms with Gasteiger partial charge in [-0.15, -0.1) is 0 Å².